The third-order valence-corrected chi connectivity index (χ3v) is 4.83. The van der Waals surface area contributed by atoms with Crippen LogP contribution in [0.5, 0.6) is 0 Å². The topological polar surface area (TPSA) is 58.2 Å². The zero-order valence-corrected chi connectivity index (χ0v) is 11.2. The van der Waals surface area contributed by atoms with E-state index in [1.165, 1.54) is 10.8 Å². The Hall–Kier alpha value is -0.640. The Labute approximate surface area is 107 Å². The fourth-order valence-electron chi connectivity index (χ4n) is 1.10. The zero-order valence-electron chi connectivity index (χ0n) is 9.54. The predicted molar refractivity (Wildman–Crippen MR) is 62.9 cm³/mol. The lowest BCUT2D eigenvalue weighted by Crippen LogP contribution is -2.33. The Morgan fingerprint density at radius 2 is 2.06 bits per heavy atom. The second kappa shape index (κ2) is 6.00. The van der Waals surface area contributed by atoms with Gasteiger partial charge in [-0.05, 0) is 23.6 Å². The van der Waals surface area contributed by atoms with Gasteiger partial charge >= 0.3 is 6.18 Å². The van der Waals surface area contributed by atoms with Gasteiger partial charge in [0.1, 0.15) is 10.8 Å². The molecule has 0 aromatic carbocycles. The molecule has 1 aromatic heterocycles. The van der Waals surface area contributed by atoms with E-state index in [0.29, 0.717) is 6.54 Å². The number of hydrogen-bond acceptors (Lipinski definition) is 4. The molecule has 0 aliphatic heterocycles. The maximum atomic E-state index is 11.9. The molecule has 1 heterocycles. The molecule has 0 unspecified atom stereocenters. The van der Waals surface area contributed by atoms with Gasteiger partial charge in [0, 0.05) is 6.54 Å². The highest BCUT2D eigenvalue weighted by atomic mass is 32.2. The van der Waals surface area contributed by atoms with Crippen molar-refractivity contribution in [2.45, 2.75) is 23.9 Å². The Kier molecular flexibility index (Phi) is 5.14. The number of hydrogen-bond donors (Lipinski definition) is 2. The summed E-state index contributed by atoms with van der Waals surface area (Å²) < 4.78 is 60.3. The third kappa shape index (κ3) is 4.92. The molecule has 0 saturated heterocycles. The molecule has 0 atom stereocenters. The van der Waals surface area contributed by atoms with Crippen molar-refractivity contribution in [3.05, 3.63) is 17.0 Å². The lowest BCUT2D eigenvalue weighted by Gasteiger charge is -2.07. The summed E-state index contributed by atoms with van der Waals surface area (Å²) in [5.41, 5.74) is 0.731. The van der Waals surface area contributed by atoms with E-state index in [1.54, 1.807) is 5.38 Å². The molecule has 0 amide bonds. The second-order valence-electron chi connectivity index (χ2n) is 3.49. The van der Waals surface area contributed by atoms with Crippen molar-refractivity contribution in [2.75, 3.05) is 13.1 Å². The van der Waals surface area contributed by atoms with Gasteiger partial charge in [0.05, 0.1) is 0 Å². The van der Waals surface area contributed by atoms with Crippen molar-refractivity contribution in [3.63, 3.8) is 0 Å². The molecular formula is C9H13F3N2O2S2. The molecule has 1 aromatic rings. The molecule has 0 saturated carbocycles. The molecular weight excluding hydrogens is 289 g/mol. The van der Waals surface area contributed by atoms with Gasteiger partial charge in [-0.1, -0.05) is 6.92 Å². The molecule has 4 nitrogen and oxygen atoms in total. The molecule has 104 valence electrons. The van der Waals surface area contributed by atoms with Gasteiger partial charge in [0.15, 0.2) is 0 Å². The molecule has 0 aliphatic carbocycles. The fraction of sp³-hybridized carbons (Fsp3) is 0.556. The molecule has 0 fully saturated rings. The number of sulfonamides is 1. The van der Waals surface area contributed by atoms with Gasteiger partial charge < -0.3 is 5.32 Å². The Bertz CT molecular complexity index is 482. The lowest BCUT2D eigenvalue weighted by molar-refractivity contribution is -0.121. The highest BCUT2D eigenvalue weighted by Gasteiger charge is 2.30. The molecule has 2 N–H and O–H groups in total. The van der Waals surface area contributed by atoms with Crippen molar-refractivity contribution in [1.29, 1.82) is 0 Å². The number of alkyl halides is 3. The number of rotatable bonds is 6. The molecule has 0 aliphatic rings. The summed E-state index contributed by atoms with van der Waals surface area (Å²) in [4.78, 5) is 0. The summed E-state index contributed by atoms with van der Waals surface area (Å²) in [5, 5.41) is 4.60. The van der Waals surface area contributed by atoms with Gasteiger partial charge in [-0.15, -0.1) is 11.3 Å². The summed E-state index contributed by atoms with van der Waals surface area (Å²) in [5.74, 6) is 0. The van der Waals surface area contributed by atoms with Crippen LogP contribution < -0.4 is 10.0 Å². The van der Waals surface area contributed by atoms with Crippen molar-refractivity contribution in [2.24, 2.45) is 0 Å². The minimum atomic E-state index is -4.56. The molecule has 0 radical (unpaired) electrons. The van der Waals surface area contributed by atoms with Crippen LogP contribution in [0, 0.1) is 0 Å². The lowest BCUT2D eigenvalue weighted by atomic mass is 10.3. The highest BCUT2D eigenvalue weighted by Crippen LogP contribution is 2.21. The molecule has 9 heteroatoms. The standard InChI is InChI=1S/C9H13F3N2O2S2/c1-2-13-4-7-3-8(17-5-7)18(15,16)14-6-9(10,11)12/h3,5,13-14H,2,4,6H2,1H3. The van der Waals surface area contributed by atoms with Crippen LogP contribution in [-0.2, 0) is 16.6 Å². The van der Waals surface area contributed by atoms with Crippen LogP contribution in [0.25, 0.3) is 0 Å². The molecule has 0 spiro atoms. The quantitative estimate of drug-likeness (QED) is 0.841. The largest absolute Gasteiger partial charge is 0.402 e. The van der Waals surface area contributed by atoms with Crippen LogP contribution >= 0.6 is 11.3 Å². The summed E-state index contributed by atoms with van der Waals surface area (Å²) in [6.45, 7) is 1.55. The smallest absolute Gasteiger partial charge is 0.313 e. The van der Waals surface area contributed by atoms with Gasteiger partial charge in [-0.3, -0.25) is 0 Å². The van der Waals surface area contributed by atoms with E-state index in [4.69, 9.17) is 0 Å². The Balaban J connectivity index is 2.70. The first-order valence-electron chi connectivity index (χ1n) is 5.09. The molecule has 0 bridgehead atoms. The van der Waals surface area contributed by atoms with Gasteiger partial charge in [0.25, 0.3) is 0 Å². The average molecular weight is 302 g/mol. The maximum Gasteiger partial charge on any atom is 0.402 e. The number of nitrogens with one attached hydrogen (secondary N) is 2. The Morgan fingerprint density at radius 3 is 2.61 bits per heavy atom. The molecule has 1 rings (SSSR count). The first-order valence-corrected chi connectivity index (χ1v) is 7.45. The normalized spacial score (nSPS) is 12.9. The summed E-state index contributed by atoms with van der Waals surface area (Å²) in [6.07, 6.45) is -4.56. The van der Waals surface area contributed by atoms with Crippen LogP contribution in [0.1, 0.15) is 12.5 Å². The zero-order chi connectivity index (χ0) is 13.8. The van der Waals surface area contributed by atoms with Crippen LogP contribution in [0.2, 0.25) is 0 Å². The average Bonchev–Trinajstić information content (AvgIpc) is 2.72. The third-order valence-electron chi connectivity index (χ3n) is 1.94. The van der Waals surface area contributed by atoms with Gasteiger partial charge in [-0.2, -0.15) is 13.2 Å². The van der Waals surface area contributed by atoms with E-state index in [-0.39, 0.29) is 4.21 Å². The fourth-order valence-corrected chi connectivity index (χ4v) is 3.37. The summed E-state index contributed by atoms with van der Waals surface area (Å²) in [7, 11) is -4.08. The SMILES string of the molecule is CCNCc1csc(S(=O)(=O)NCC(F)(F)F)c1. The number of halogens is 3. The van der Waals surface area contributed by atoms with Gasteiger partial charge in [0.2, 0.25) is 10.0 Å². The van der Waals surface area contributed by atoms with Crippen LogP contribution in [0.3, 0.4) is 0 Å². The Morgan fingerprint density at radius 1 is 1.39 bits per heavy atom. The molecule has 18 heavy (non-hydrogen) atoms. The van der Waals surface area contributed by atoms with Crippen molar-refractivity contribution < 1.29 is 21.6 Å². The monoisotopic (exact) mass is 302 g/mol. The van der Waals surface area contributed by atoms with E-state index >= 15 is 0 Å². The summed E-state index contributed by atoms with van der Waals surface area (Å²) >= 11 is 0.900. The van der Waals surface area contributed by atoms with Crippen LogP contribution in [-0.4, -0.2) is 27.7 Å². The minimum Gasteiger partial charge on any atom is -0.313 e. The van der Waals surface area contributed by atoms with E-state index in [2.05, 4.69) is 5.32 Å². The van der Waals surface area contributed by atoms with Crippen molar-refractivity contribution >= 4 is 21.4 Å². The van der Waals surface area contributed by atoms with Crippen LogP contribution in [0.15, 0.2) is 15.7 Å². The first kappa shape index (κ1) is 15.4. The first-order chi connectivity index (χ1) is 8.24. The highest BCUT2D eigenvalue weighted by molar-refractivity contribution is 7.91. The predicted octanol–water partition coefficient (Wildman–Crippen LogP) is 1.70. The van der Waals surface area contributed by atoms with Crippen molar-refractivity contribution in [3.8, 4) is 0 Å². The van der Waals surface area contributed by atoms with E-state index < -0.39 is 22.7 Å². The van der Waals surface area contributed by atoms with Crippen molar-refractivity contribution in [1.82, 2.24) is 10.0 Å². The van der Waals surface area contributed by atoms with Gasteiger partial charge in [-0.25, -0.2) is 13.1 Å². The van der Waals surface area contributed by atoms with Crippen LogP contribution in [0.4, 0.5) is 13.2 Å². The van der Waals surface area contributed by atoms with E-state index in [0.717, 1.165) is 23.4 Å². The minimum absolute atomic E-state index is 0.111. The summed E-state index contributed by atoms with van der Waals surface area (Å²) in [6, 6.07) is 1.37. The maximum absolute atomic E-state index is 11.9. The van der Waals surface area contributed by atoms with E-state index in [1.807, 2.05) is 6.92 Å². The van der Waals surface area contributed by atoms with E-state index in [9.17, 15) is 21.6 Å². The number of thiophene rings is 1. The second-order valence-corrected chi connectivity index (χ2v) is 6.40.